The van der Waals surface area contributed by atoms with Crippen molar-refractivity contribution in [2.75, 3.05) is 18.0 Å². The van der Waals surface area contributed by atoms with Gasteiger partial charge < -0.3 is 9.32 Å². The minimum atomic E-state index is 0.640. The first-order valence-electron chi connectivity index (χ1n) is 10.3. The summed E-state index contributed by atoms with van der Waals surface area (Å²) in [5.41, 5.74) is 2.84. The summed E-state index contributed by atoms with van der Waals surface area (Å²) in [5.74, 6) is 2.97. The molecule has 3 heterocycles. The maximum absolute atomic E-state index is 6.28. The van der Waals surface area contributed by atoms with Gasteiger partial charge in [0.15, 0.2) is 5.16 Å². The lowest BCUT2D eigenvalue weighted by molar-refractivity contribution is 0.540. The third kappa shape index (κ3) is 4.20. The van der Waals surface area contributed by atoms with Crippen LogP contribution in [0, 0.1) is 6.92 Å². The maximum atomic E-state index is 6.28. The molecular formula is C23H22ClN5OS. The Kier molecular flexibility index (Phi) is 5.70. The Labute approximate surface area is 190 Å². The molecule has 0 spiro atoms. The molecule has 0 amide bonds. The van der Waals surface area contributed by atoms with Gasteiger partial charge in [0.2, 0.25) is 11.8 Å². The average Bonchev–Trinajstić information content (AvgIpc) is 3.52. The van der Waals surface area contributed by atoms with Crippen LogP contribution in [0.3, 0.4) is 0 Å². The minimum absolute atomic E-state index is 0.640. The van der Waals surface area contributed by atoms with E-state index in [-0.39, 0.29) is 0 Å². The number of rotatable bonds is 6. The molecule has 1 aliphatic heterocycles. The third-order valence-electron chi connectivity index (χ3n) is 5.32. The summed E-state index contributed by atoms with van der Waals surface area (Å²) in [7, 11) is 0. The van der Waals surface area contributed by atoms with Gasteiger partial charge in [0.25, 0.3) is 0 Å². The highest BCUT2D eigenvalue weighted by molar-refractivity contribution is 7.98. The summed E-state index contributed by atoms with van der Waals surface area (Å²) >= 11 is 7.88. The fourth-order valence-electron chi connectivity index (χ4n) is 3.72. The van der Waals surface area contributed by atoms with Crippen LogP contribution >= 0.6 is 23.4 Å². The molecule has 0 atom stereocenters. The SMILES string of the molecule is Cc1oc(-c2ccccc2)nc1CSc1nnc(N2CCCC2)n1-c1cccc(Cl)c1. The summed E-state index contributed by atoms with van der Waals surface area (Å²) in [5, 5.41) is 10.5. The fraction of sp³-hybridized carbons (Fsp3) is 0.261. The van der Waals surface area contributed by atoms with Crippen molar-refractivity contribution in [2.45, 2.75) is 30.7 Å². The van der Waals surface area contributed by atoms with Crippen molar-refractivity contribution >= 4 is 29.3 Å². The summed E-state index contributed by atoms with van der Waals surface area (Å²) in [6, 6.07) is 17.8. The number of thioether (sulfide) groups is 1. The van der Waals surface area contributed by atoms with Crippen LogP contribution < -0.4 is 4.90 Å². The third-order valence-corrected chi connectivity index (χ3v) is 6.50. The lowest BCUT2D eigenvalue weighted by Crippen LogP contribution is -2.22. The number of hydrogen-bond acceptors (Lipinski definition) is 6. The monoisotopic (exact) mass is 451 g/mol. The molecule has 0 bridgehead atoms. The molecule has 2 aromatic carbocycles. The Morgan fingerprint density at radius 2 is 1.84 bits per heavy atom. The molecule has 0 radical (unpaired) electrons. The Hall–Kier alpha value is -2.77. The molecule has 1 fully saturated rings. The molecule has 4 aromatic rings. The van der Waals surface area contributed by atoms with Crippen LogP contribution in [0.1, 0.15) is 24.3 Å². The van der Waals surface area contributed by atoms with E-state index in [2.05, 4.69) is 19.7 Å². The number of oxazole rings is 1. The van der Waals surface area contributed by atoms with Gasteiger partial charge in [-0.2, -0.15) is 0 Å². The molecule has 0 N–H and O–H groups in total. The van der Waals surface area contributed by atoms with Crippen molar-refractivity contribution in [3.05, 3.63) is 71.1 Å². The van der Waals surface area contributed by atoms with Crippen LogP contribution in [-0.4, -0.2) is 32.8 Å². The van der Waals surface area contributed by atoms with Crippen LogP contribution in [0.25, 0.3) is 17.1 Å². The van der Waals surface area contributed by atoms with Crippen molar-refractivity contribution in [3.8, 4) is 17.1 Å². The van der Waals surface area contributed by atoms with Crippen molar-refractivity contribution in [3.63, 3.8) is 0 Å². The Bertz CT molecular complexity index is 1180. The first-order valence-corrected chi connectivity index (χ1v) is 11.7. The zero-order valence-electron chi connectivity index (χ0n) is 17.2. The number of benzene rings is 2. The van der Waals surface area contributed by atoms with E-state index < -0.39 is 0 Å². The first kappa shape index (κ1) is 20.2. The summed E-state index contributed by atoms with van der Waals surface area (Å²) < 4.78 is 8.01. The van der Waals surface area contributed by atoms with Crippen LogP contribution in [0.2, 0.25) is 5.02 Å². The van der Waals surface area contributed by atoms with E-state index in [1.54, 1.807) is 11.8 Å². The van der Waals surface area contributed by atoms with Crippen LogP contribution in [0.5, 0.6) is 0 Å². The van der Waals surface area contributed by atoms with Gasteiger partial charge >= 0.3 is 0 Å². The predicted molar refractivity (Wildman–Crippen MR) is 124 cm³/mol. The van der Waals surface area contributed by atoms with E-state index in [1.165, 1.54) is 12.8 Å². The molecule has 6 nitrogen and oxygen atoms in total. The fourth-order valence-corrected chi connectivity index (χ4v) is 4.85. The van der Waals surface area contributed by atoms with Gasteiger partial charge in [-0.15, -0.1) is 10.2 Å². The van der Waals surface area contributed by atoms with E-state index in [4.69, 9.17) is 21.0 Å². The molecule has 0 aliphatic carbocycles. The topological polar surface area (TPSA) is 60.0 Å². The van der Waals surface area contributed by atoms with Gasteiger partial charge in [-0.1, -0.05) is 47.6 Å². The van der Waals surface area contributed by atoms with E-state index in [0.29, 0.717) is 16.7 Å². The Balaban J connectivity index is 1.44. The van der Waals surface area contributed by atoms with Crippen molar-refractivity contribution < 1.29 is 4.42 Å². The summed E-state index contributed by atoms with van der Waals surface area (Å²) in [6.07, 6.45) is 2.34. The number of hydrogen-bond donors (Lipinski definition) is 0. The zero-order chi connectivity index (χ0) is 21.2. The average molecular weight is 452 g/mol. The number of anilines is 1. The summed E-state index contributed by atoms with van der Waals surface area (Å²) in [6.45, 7) is 3.94. The number of aryl methyl sites for hydroxylation is 1. The highest BCUT2D eigenvalue weighted by atomic mass is 35.5. The molecule has 5 rings (SSSR count). The quantitative estimate of drug-likeness (QED) is 0.346. The molecule has 0 saturated carbocycles. The molecule has 158 valence electrons. The van der Waals surface area contributed by atoms with Crippen molar-refractivity contribution in [1.29, 1.82) is 0 Å². The molecule has 2 aromatic heterocycles. The zero-order valence-corrected chi connectivity index (χ0v) is 18.7. The van der Waals surface area contributed by atoms with E-state index in [1.807, 2.05) is 61.5 Å². The second-order valence-electron chi connectivity index (χ2n) is 7.47. The Morgan fingerprint density at radius 1 is 1.03 bits per heavy atom. The van der Waals surface area contributed by atoms with Gasteiger partial charge in [-0.3, -0.25) is 4.57 Å². The van der Waals surface area contributed by atoms with Crippen LogP contribution in [0.4, 0.5) is 5.95 Å². The van der Waals surface area contributed by atoms with Gasteiger partial charge in [-0.25, -0.2) is 4.98 Å². The van der Waals surface area contributed by atoms with Crippen LogP contribution in [-0.2, 0) is 5.75 Å². The van der Waals surface area contributed by atoms with Crippen LogP contribution in [0.15, 0.2) is 64.2 Å². The molecule has 8 heteroatoms. The van der Waals surface area contributed by atoms with E-state index >= 15 is 0 Å². The smallest absolute Gasteiger partial charge is 0.232 e. The lowest BCUT2D eigenvalue weighted by Gasteiger charge is -2.18. The van der Waals surface area contributed by atoms with Crippen molar-refractivity contribution in [2.24, 2.45) is 0 Å². The molecule has 31 heavy (non-hydrogen) atoms. The minimum Gasteiger partial charge on any atom is -0.441 e. The van der Waals surface area contributed by atoms with Gasteiger partial charge in [0.1, 0.15) is 5.76 Å². The lowest BCUT2D eigenvalue weighted by atomic mass is 10.2. The highest BCUT2D eigenvalue weighted by Crippen LogP contribution is 2.32. The van der Waals surface area contributed by atoms with E-state index in [0.717, 1.165) is 46.9 Å². The second-order valence-corrected chi connectivity index (χ2v) is 8.85. The number of nitrogens with zero attached hydrogens (tertiary/aromatic N) is 5. The summed E-state index contributed by atoms with van der Waals surface area (Å²) in [4.78, 5) is 7.00. The largest absolute Gasteiger partial charge is 0.441 e. The van der Waals surface area contributed by atoms with Gasteiger partial charge in [0.05, 0.1) is 11.4 Å². The number of halogens is 1. The highest BCUT2D eigenvalue weighted by Gasteiger charge is 2.23. The molecular weight excluding hydrogens is 430 g/mol. The van der Waals surface area contributed by atoms with Gasteiger partial charge in [0, 0.05) is 29.4 Å². The predicted octanol–water partition coefficient (Wildman–Crippen LogP) is 5.78. The van der Waals surface area contributed by atoms with Gasteiger partial charge in [-0.05, 0) is 50.1 Å². The van der Waals surface area contributed by atoms with E-state index in [9.17, 15) is 0 Å². The second kappa shape index (κ2) is 8.77. The molecule has 0 unspecified atom stereocenters. The number of aromatic nitrogens is 4. The Morgan fingerprint density at radius 3 is 2.61 bits per heavy atom. The first-order chi connectivity index (χ1) is 15.2. The molecule has 1 saturated heterocycles. The molecule has 1 aliphatic rings. The standard InChI is InChI=1S/C23H22ClN5OS/c1-16-20(25-21(30-16)17-8-3-2-4-9-17)15-31-23-27-26-22(28-12-5-6-13-28)29(23)19-11-7-10-18(24)14-19/h2-4,7-11,14H,5-6,12-13,15H2,1H3. The normalized spacial score (nSPS) is 13.8. The van der Waals surface area contributed by atoms with Crippen molar-refractivity contribution in [1.82, 2.24) is 19.7 Å². The maximum Gasteiger partial charge on any atom is 0.232 e.